The van der Waals surface area contributed by atoms with Crippen LogP contribution in [0.15, 0.2) is 24.3 Å². The minimum atomic E-state index is -0.297. The molecule has 1 aliphatic heterocycles. The van der Waals surface area contributed by atoms with E-state index < -0.39 is 0 Å². The number of anilines is 1. The Morgan fingerprint density at radius 2 is 2.12 bits per heavy atom. The van der Waals surface area contributed by atoms with Crippen molar-refractivity contribution in [3.05, 3.63) is 30.1 Å². The number of hydrogen-bond acceptors (Lipinski definition) is 2. The number of carbonyl (C=O) groups excluding carboxylic acids is 1. The molecule has 86 valence electrons. The topological polar surface area (TPSA) is 29.5 Å². The summed E-state index contributed by atoms with van der Waals surface area (Å²) in [5.74, 6) is -0.326. The van der Waals surface area contributed by atoms with Gasteiger partial charge in [0.25, 0.3) is 0 Å². The lowest BCUT2D eigenvalue weighted by Gasteiger charge is -2.20. The molecule has 1 aromatic rings. The maximum atomic E-state index is 12.7. The summed E-state index contributed by atoms with van der Waals surface area (Å²) in [6.45, 7) is 1.14. The maximum Gasteiger partial charge on any atom is 0.232 e. The van der Waals surface area contributed by atoms with Gasteiger partial charge in [-0.25, -0.2) is 4.39 Å². The van der Waals surface area contributed by atoms with Gasteiger partial charge in [-0.15, -0.1) is 0 Å². The van der Waals surface area contributed by atoms with Crippen LogP contribution < -0.4 is 4.90 Å². The molecule has 0 aromatic heterocycles. The van der Waals surface area contributed by atoms with E-state index in [0.29, 0.717) is 18.9 Å². The monoisotopic (exact) mass is 223 g/mol. The van der Waals surface area contributed by atoms with E-state index in [4.69, 9.17) is 4.74 Å². The summed E-state index contributed by atoms with van der Waals surface area (Å²) < 4.78 is 17.9. The van der Waals surface area contributed by atoms with Crippen LogP contribution in [0.3, 0.4) is 0 Å². The quantitative estimate of drug-likeness (QED) is 0.765. The van der Waals surface area contributed by atoms with Crippen LogP contribution in [0.25, 0.3) is 0 Å². The lowest BCUT2D eigenvalue weighted by Crippen LogP contribution is -2.33. The first kappa shape index (κ1) is 11.1. The molecule has 0 saturated carbocycles. The first-order valence-corrected chi connectivity index (χ1v) is 5.29. The van der Waals surface area contributed by atoms with E-state index in [9.17, 15) is 9.18 Å². The summed E-state index contributed by atoms with van der Waals surface area (Å²) in [5, 5.41) is 0. The van der Waals surface area contributed by atoms with Gasteiger partial charge in [-0.2, -0.15) is 0 Å². The molecule has 3 nitrogen and oxygen atoms in total. The number of rotatable bonds is 2. The third-order valence-corrected chi connectivity index (χ3v) is 2.82. The largest absolute Gasteiger partial charge is 0.381 e. The van der Waals surface area contributed by atoms with E-state index >= 15 is 0 Å². The predicted molar refractivity (Wildman–Crippen MR) is 58.7 cm³/mol. The van der Waals surface area contributed by atoms with Crippen LogP contribution in [0.5, 0.6) is 0 Å². The second-order valence-corrected chi connectivity index (χ2v) is 3.93. The molecule has 1 heterocycles. The summed E-state index contributed by atoms with van der Waals surface area (Å²) >= 11 is 0. The van der Waals surface area contributed by atoms with Crippen LogP contribution in [-0.4, -0.2) is 26.2 Å². The number of benzene rings is 1. The third-order valence-electron chi connectivity index (χ3n) is 2.82. The third kappa shape index (κ3) is 2.22. The molecule has 2 rings (SSSR count). The van der Waals surface area contributed by atoms with E-state index in [1.54, 1.807) is 24.1 Å². The predicted octanol–water partition coefficient (Wildman–Crippen LogP) is 1.82. The maximum absolute atomic E-state index is 12.7. The second kappa shape index (κ2) is 4.61. The normalized spacial score (nSPS) is 19.8. The summed E-state index contributed by atoms with van der Waals surface area (Å²) in [6, 6.07) is 5.90. The summed E-state index contributed by atoms with van der Waals surface area (Å²) in [6.07, 6.45) is 0.768. The van der Waals surface area contributed by atoms with Crippen molar-refractivity contribution in [3.63, 3.8) is 0 Å². The lowest BCUT2D eigenvalue weighted by atomic mass is 10.1. The SMILES string of the molecule is CN(C(=O)[C@@H]1CCOC1)c1ccc(F)cc1. The molecule has 1 aliphatic rings. The highest BCUT2D eigenvalue weighted by molar-refractivity contribution is 5.94. The van der Waals surface area contributed by atoms with Crippen LogP contribution in [0.2, 0.25) is 0 Å². The van der Waals surface area contributed by atoms with Gasteiger partial charge in [0.2, 0.25) is 5.91 Å². The highest BCUT2D eigenvalue weighted by Crippen LogP contribution is 2.20. The first-order valence-electron chi connectivity index (χ1n) is 5.29. The van der Waals surface area contributed by atoms with Gasteiger partial charge >= 0.3 is 0 Å². The molecule has 1 saturated heterocycles. The van der Waals surface area contributed by atoms with E-state index in [1.165, 1.54) is 12.1 Å². The Hall–Kier alpha value is -1.42. The fraction of sp³-hybridized carbons (Fsp3) is 0.417. The zero-order chi connectivity index (χ0) is 11.5. The summed E-state index contributed by atoms with van der Waals surface area (Å²) in [4.78, 5) is 13.5. The van der Waals surface area contributed by atoms with Crippen molar-refractivity contribution in [3.8, 4) is 0 Å². The fourth-order valence-electron chi connectivity index (χ4n) is 1.80. The molecule has 0 N–H and O–H groups in total. The summed E-state index contributed by atoms with van der Waals surface area (Å²) in [7, 11) is 1.70. The fourth-order valence-corrected chi connectivity index (χ4v) is 1.80. The van der Waals surface area contributed by atoms with Crippen LogP contribution in [0.4, 0.5) is 10.1 Å². The van der Waals surface area contributed by atoms with Gasteiger partial charge in [-0.1, -0.05) is 0 Å². The van der Waals surface area contributed by atoms with Gasteiger partial charge in [0, 0.05) is 19.3 Å². The molecule has 1 atom stereocenters. The van der Waals surface area contributed by atoms with E-state index in [2.05, 4.69) is 0 Å². The van der Waals surface area contributed by atoms with Gasteiger partial charge in [-0.3, -0.25) is 4.79 Å². The Bertz CT molecular complexity index is 371. The van der Waals surface area contributed by atoms with Gasteiger partial charge in [0.1, 0.15) is 5.82 Å². The van der Waals surface area contributed by atoms with E-state index in [0.717, 1.165) is 6.42 Å². The average Bonchev–Trinajstić information content (AvgIpc) is 2.81. The second-order valence-electron chi connectivity index (χ2n) is 3.93. The average molecular weight is 223 g/mol. The van der Waals surface area contributed by atoms with Crippen molar-refractivity contribution in [2.45, 2.75) is 6.42 Å². The first-order chi connectivity index (χ1) is 7.68. The molecule has 1 fully saturated rings. The molecule has 0 spiro atoms. The number of carbonyl (C=O) groups is 1. The van der Waals surface area contributed by atoms with Crippen molar-refractivity contribution in [1.29, 1.82) is 0 Å². The molecule has 0 bridgehead atoms. The van der Waals surface area contributed by atoms with Crippen molar-refractivity contribution in [1.82, 2.24) is 0 Å². The molecule has 1 amide bonds. The standard InChI is InChI=1S/C12H14FNO2/c1-14(11-4-2-10(13)3-5-11)12(15)9-6-7-16-8-9/h2-5,9H,6-8H2,1H3/t9-/m1/s1. The molecular weight excluding hydrogens is 209 g/mol. The van der Waals surface area contributed by atoms with Gasteiger partial charge in [-0.05, 0) is 30.7 Å². The van der Waals surface area contributed by atoms with Crippen molar-refractivity contribution >= 4 is 11.6 Å². The molecule has 1 aromatic carbocycles. The Morgan fingerprint density at radius 3 is 2.69 bits per heavy atom. The van der Waals surface area contributed by atoms with E-state index in [1.807, 2.05) is 0 Å². The minimum Gasteiger partial charge on any atom is -0.381 e. The molecule has 0 unspecified atom stereocenters. The van der Waals surface area contributed by atoms with Crippen LogP contribution in [0.1, 0.15) is 6.42 Å². The highest BCUT2D eigenvalue weighted by Gasteiger charge is 2.26. The molecule has 0 aliphatic carbocycles. The molecular formula is C12H14FNO2. The van der Waals surface area contributed by atoms with E-state index in [-0.39, 0.29) is 17.6 Å². The highest BCUT2D eigenvalue weighted by atomic mass is 19.1. The number of ether oxygens (including phenoxy) is 1. The molecule has 0 radical (unpaired) electrons. The summed E-state index contributed by atoms with van der Waals surface area (Å²) in [5.41, 5.74) is 0.707. The molecule has 4 heteroatoms. The Kier molecular flexibility index (Phi) is 3.19. The van der Waals surface area contributed by atoms with Crippen LogP contribution in [-0.2, 0) is 9.53 Å². The Balaban J connectivity index is 2.08. The van der Waals surface area contributed by atoms with Crippen molar-refractivity contribution in [2.24, 2.45) is 5.92 Å². The van der Waals surface area contributed by atoms with Crippen LogP contribution in [0, 0.1) is 11.7 Å². The smallest absolute Gasteiger partial charge is 0.232 e. The zero-order valence-corrected chi connectivity index (χ0v) is 9.15. The minimum absolute atomic E-state index is 0.0316. The number of hydrogen-bond donors (Lipinski definition) is 0. The Labute approximate surface area is 93.8 Å². The van der Waals surface area contributed by atoms with Crippen molar-refractivity contribution in [2.75, 3.05) is 25.2 Å². The number of nitrogens with zero attached hydrogens (tertiary/aromatic N) is 1. The number of amides is 1. The number of halogens is 1. The van der Waals surface area contributed by atoms with Crippen LogP contribution >= 0.6 is 0 Å². The molecule has 16 heavy (non-hydrogen) atoms. The zero-order valence-electron chi connectivity index (χ0n) is 9.15. The van der Waals surface area contributed by atoms with Gasteiger partial charge in [0.15, 0.2) is 0 Å². The van der Waals surface area contributed by atoms with Gasteiger partial charge < -0.3 is 9.64 Å². The van der Waals surface area contributed by atoms with Crippen molar-refractivity contribution < 1.29 is 13.9 Å². The van der Waals surface area contributed by atoms with Gasteiger partial charge in [0.05, 0.1) is 12.5 Å². The Morgan fingerprint density at radius 1 is 1.44 bits per heavy atom. The lowest BCUT2D eigenvalue weighted by molar-refractivity contribution is -0.122.